The number of phenolic OH excluding ortho intramolecular Hbond substituents is 5. The van der Waals surface area contributed by atoms with E-state index >= 15 is 0 Å². The van der Waals surface area contributed by atoms with Crippen LogP contribution in [-0.4, -0.2) is 30.5 Å². The normalized spacial score (nSPS) is 11.9. The fourth-order valence-electron chi connectivity index (χ4n) is 8.19. The molecule has 0 aliphatic carbocycles. The minimum atomic E-state index is -0.998. The molecule has 0 unspecified atom stereocenters. The monoisotopic (exact) mass is 661 g/mol. The first-order valence-corrected chi connectivity index (χ1v) is 16.6. The molecule has 9 aromatic carbocycles. The average molecular weight is 662 g/mol. The molecule has 6 nitrogen and oxygen atoms in total. The lowest BCUT2D eigenvalue weighted by Gasteiger charge is -2.20. The molecule has 242 valence electrons. The van der Waals surface area contributed by atoms with Gasteiger partial charge in [-0.3, -0.25) is 4.98 Å². The van der Waals surface area contributed by atoms with Gasteiger partial charge in [-0.2, -0.15) is 0 Å². The van der Waals surface area contributed by atoms with Gasteiger partial charge in [-0.1, -0.05) is 121 Å². The van der Waals surface area contributed by atoms with Gasteiger partial charge in [0.15, 0.2) is 11.5 Å². The van der Waals surface area contributed by atoms with Crippen molar-refractivity contribution in [2.45, 2.75) is 0 Å². The number of aromatic hydroxyl groups is 5. The number of phenols is 5. The minimum absolute atomic E-state index is 0.184. The Hall–Kier alpha value is -7.05. The number of benzene rings is 9. The fourth-order valence-corrected chi connectivity index (χ4v) is 8.19. The number of pyridine rings is 1. The van der Waals surface area contributed by atoms with Gasteiger partial charge < -0.3 is 25.5 Å². The smallest absolute Gasteiger partial charge is 0.208 e. The van der Waals surface area contributed by atoms with Crippen LogP contribution in [0.2, 0.25) is 0 Å². The highest BCUT2D eigenvalue weighted by atomic mass is 16.4. The van der Waals surface area contributed by atoms with Crippen molar-refractivity contribution in [3.05, 3.63) is 134 Å². The van der Waals surface area contributed by atoms with Gasteiger partial charge in [-0.05, 0) is 76.3 Å². The molecular formula is C45H27NO5. The molecule has 51 heavy (non-hydrogen) atoms. The van der Waals surface area contributed by atoms with Crippen LogP contribution in [0.5, 0.6) is 28.7 Å². The molecule has 0 bridgehead atoms. The first-order chi connectivity index (χ1) is 24.9. The van der Waals surface area contributed by atoms with E-state index in [0.717, 1.165) is 43.9 Å². The Kier molecular flexibility index (Phi) is 5.94. The van der Waals surface area contributed by atoms with Crippen LogP contribution < -0.4 is 0 Å². The Bertz CT molecular complexity index is 2980. The summed E-state index contributed by atoms with van der Waals surface area (Å²) >= 11 is 0. The van der Waals surface area contributed by atoms with E-state index in [1.807, 2.05) is 54.7 Å². The van der Waals surface area contributed by atoms with E-state index in [0.29, 0.717) is 16.3 Å². The third-order valence-electron chi connectivity index (χ3n) is 10.4. The second-order valence-corrected chi connectivity index (χ2v) is 13.0. The van der Waals surface area contributed by atoms with Crippen LogP contribution in [0.15, 0.2) is 134 Å². The van der Waals surface area contributed by atoms with Gasteiger partial charge in [-0.25, -0.2) is 0 Å². The van der Waals surface area contributed by atoms with Crippen molar-refractivity contribution in [2.24, 2.45) is 0 Å². The molecule has 6 heteroatoms. The molecule has 10 rings (SSSR count). The van der Waals surface area contributed by atoms with Gasteiger partial charge in [0.25, 0.3) is 0 Å². The standard InChI is InChI=1S/C45H27NO5/c47-41-40(42(48)44(50)45(51)43(41)49)38-30-14-5-3-12-28(30)36(29-13-4-6-15-31(29)38)25-18-21-34(46-22-25)37-27-11-2-1-10-26(27)32-19-16-23-8-7-9-24-17-20-33(37)39(32)35(23)24/h1-22,47-51H. The van der Waals surface area contributed by atoms with Gasteiger partial charge >= 0.3 is 0 Å². The Balaban J connectivity index is 1.24. The molecule has 0 radical (unpaired) electrons. The molecule has 0 aliphatic rings. The number of rotatable bonds is 3. The maximum atomic E-state index is 11.0. The summed E-state index contributed by atoms with van der Waals surface area (Å²) in [4.78, 5) is 5.14. The summed E-state index contributed by atoms with van der Waals surface area (Å²) in [5, 5.41) is 65.6. The van der Waals surface area contributed by atoms with Crippen LogP contribution in [0.1, 0.15) is 0 Å². The van der Waals surface area contributed by atoms with E-state index in [9.17, 15) is 25.5 Å². The Morgan fingerprint density at radius 2 is 0.804 bits per heavy atom. The topological polar surface area (TPSA) is 114 Å². The molecule has 0 saturated heterocycles. The third kappa shape index (κ3) is 3.90. The lowest BCUT2D eigenvalue weighted by molar-refractivity contribution is 0.330. The van der Waals surface area contributed by atoms with Crippen molar-refractivity contribution in [1.82, 2.24) is 4.98 Å². The van der Waals surface area contributed by atoms with Crippen molar-refractivity contribution in [3.63, 3.8) is 0 Å². The number of nitrogens with zero attached hydrogens (tertiary/aromatic N) is 1. The number of aromatic nitrogens is 1. The van der Waals surface area contributed by atoms with E-state index in [1.165, 1.54) is 32.3 Å². The number of fused-ring (bicyclic) bond motifs is 4. The second kappa shape index (κ2) is 10.5. The summed E-state index contributed by atoms with van der Waals surface area (Å²) in [5.74, 6) is -4.31. The second-order valence-electron chi connectivity index (χ2n) is 13.0. The van der Waals surface area contributed by atoms with Crippen LogP contribution in [-0.2, 0) is 0 Å². The van der Waals surface area contributed by atoms with Crippen molar-refractivity contribution < 1.29 is 25.5 Å². The first kappa shape index (κ1) is 28.9. The van der Waals surface area contributed by atoms with Gasteiger partial charge in [-0.15, -0.1) is 0 Å². The maximum Gasteiger partial charge on any atom is 0.208 e. The Morgan fingerprint density at radius 3 is 1.35 bits per heavy atom. The summed E-state index contributed by atoms with van der Waals surface area (Å²) in [6.45, 7) is 0. The summed E-state index contributed by atoms with van der Waals surface area (Å²) in [7, 11) is 0. The van der Waals surface area contributed by atoms with E-state index < -0.39 is 28.7 Å². The first-order valence-electron chi connectivity index (χ1n) is 16.6. The predicted molar refractivity (Wildman–Crippen MR) is 205 cm³/mol. The molecule has 1 heterocycles. The van der Waals surface area contributed by atoms with Crippen LogP contribution >= 0.6 is 0 Å². The van der Waals surface area contributed by atoms with Crippen LogP contribution in [0.3, 0.4) is 0 Å². The summed E-state index contributed by atoms with van der Waals surface area (Å²) < 4.78 is 0. The Labute approximate surface area is 290 Å². The predicted octanol–water partition coefficient (Wildman–Crippen LogP) is 11.0. The fraction of sp³-hybridized carbons (Fsp3) is 0. The SMILES string of the molecule is Oc1c(O)c(O)c(-c2c3ccccc3c(-c3ccc(-c4c5ccccc5c5ccc6cccc7ccc4c5c76)nc3)c3ccccc23)c(O)c1O. The van der Waals surface area contributed by atoms with Gasteiger partial charge in [0.1, 0.15) is 0 Å². The van der Waals surface area contributed by atoms with E-state index in [2.05, 4.69) is 78.9 Å². The maximum absolute atomic E-state index is 11.0. The molecule has 1 aromatic heterocycles. The molecule has 5 N–H and O–H groups in total. The van der Waals surface area contributed by atoms with Crippen molar-refractivity contribution in [1.29, 1.82) is 0 Å². The summed E-state index contributed by atoms with van der Waals surface area (Å²) in [6, 6.07) is 43.1. The summed E-state index contributed by atoms with van der Waals surface area (Å²) in [6.07, 6.45) is 1.89. The minimum Gasteiger partial charge on any atom is -0.504 e. The largest absolute Gasteiger partial charge is 0.504 e. The zero-order valence-corrected chi connectivity index (χ0v) is 26.9. The zero-order valence-electron chi connectivity index (χ0n) is 26.9. The Morgan fingerprint density at radius 1 is 0.314 bits per heavy atom. The molecule has 0 aliphatic heterocycles. The molecule has 0 saturated carbocycles. The molecule has 10 aromatic rings. The number of hydrogen-bond acceptors (Lipinski definition) is 6. The molecular weight excluding hydrogens is 634 g/mol. The van der Waals surface area contributed by atoms with Gasteiger partial charge in [0.05, 0.1) is 11.3 Å². The highest BCUT2D eigenvalue weighted by molar-refractivity contribution is 6.33. The van der Waals surface area contributed by atoms with E-state index in [1.54, 1.807) is 0 Å². The lowest BCUT2D eigenvalue weighted by Crippen LogP contribution is -1.94. The quantitative estimate of drug-likeness (QED) is 0.0557. The van der Waals surface area contributed by atoms with Gasteiger partial charge in [0.2, 0.25) is 17.2 Å². The molecule has 0 amide bonds. The molecule has 0 spiro atoms. The van der Waals surface area contributed by atoms with Gasteiger partial charge in [0, 0.05) is 22.9 Å². The van der Waals surface area contributed by atoms with Crippen molar-refractivity contribution >= 4 is 64.6 Å². The van der Waals surface area contributed by atoms with E-state index in [-0.39, 0.29) is 5.56 Å². The third-order valence-corrected chi connectivity index (χ3v) is 10.4. The molecule has 0 atom stereocenters. The molecule has 0 fully saturated rings. The van der Waals surface area contributed by atoms with Crippen LogP contribution in [0.25, 0.3) is 98.1 Å². The lowest BCUT2D eigenvalue weighted by atomic mass is 9.85. The zero-order chi connectivity index (χ0) is 34.5. The van der Waals surface area contributed by atoms with Crippen LogP contribution in [0.4, 0.5) is 0 Å². The highest BCUT2D eigenvalue weighted by Crippen LogP contribution is 2.57. The van der Waals surface area contributed by atoms with E-state index in [4.69, 9.17) is 4.98 Å². The van der Waals surface area contributed by atoms with Crippen molar-refractivity contribution in [3.8, 4) is 62.3 Å². The average Bonchev–Trinajstić information content (AvgIpc) is 3.18. The summed E-state index contributed by atoms with van der Waals surface area (Å²) in [5.41, 5.74) is 3.90. The number of hydrogen-bond donors (Lipinski definition) is 5. The highest BCUT2D eigenvalue weighted by Gasteiger charge is 2.28. The van der Waals surface area contributed by atoms with Crippen LogP contribution in [0, 0.1) is 0 Å². The van der Waals surface area contributed by atoms with Crippen molar-refractivity contribution in [2.75, 3.05) is 0 Å².